The third kappa shape index (κ3) is 5.65. The van der Waals surface area contributed by atoms with E-state index in [-0.39, 0.29) is 18.1 Å². The molecule has 0 aliphatic rings. The van der Waals surface area contributed by atoms with Gasteiger partial charge < -0.3 is 20.5 Å². The van der Waals surface area contributed by atoms with Crippen LogP contribution in [0, 0.1) is 0 Å². The first kappa shape index (κ1) is 19.1. The Morgan fingerprint density at radius 3 is 2.57 bits per heavy atom. The van der Waals surface area contributed by atoms with Gasteiger partial charge in [-0.25, -0.2) is 4.79 Å². The Labute approximate surface area is 139 Å². The number of carbonyl (C=O) groups is 3. The van der Waals surface area contributed by atoms with Gasteiger partial charge in [0.2, 0.25) is 0 Å². The standard InChI is InChI=1S/C15H22N2O5S/c1-4-6-11(15(20)21)16-13(19)10-7-9(5-2)23-14(10)17-12(18)8-22-3/h7,11H,4-6,8H2,1-3H3,(H,16,19)(H,17,18)(H,20,21). The van der Waals surface area contributed by atoms with Gasteiger partial charge in [-0.1, -0.05) is 20.3 Å². The van der Waals surface area contributed by atoms with E-state index in [0.717, 1.165) is 4.88 Å². The fourth-order valence-electron chi connectivity index (χ4n) is 1.95. The number of thiophene rings is 1. The van der Waals surface area contributed by atoms with E-state index >= 15 is 0 Å². The predicted molar refractivity (Wildman–Crippen MR) is 88.0 cm³/mol. The summed E-state index contributed by atoms with van der Waals surface area (Å²) in [6.07, 6.45) is 1.69. The molecule has 23 heavy (non-hydrogen) atoms. The molecule has 0 aliphatic carbocycles. The normalized spacial score (nSPS) is 11.8. The quantitative estimate of drug-likeness (QED) is 0.635. The highest BCUT2D eigenvalue weighted by atomic mass is 32.1. The zero-order valence-electron chi connectivity index (χ0n) is 13.5. The average molecular weight is 342 g/mol. The van der Waals surface area contributed by atoms with Gasteiger partial charge in [-0.3, -0.25) is 9.59 Å². The third-order valence-electron chi connectivity index (χ3n) is 3.09. The number of nitrogens with one attached hydrogen (secondary N) is 2. The number of carboxylic acids is 1. The molecule has 0 saturated carbocycles. The molecule has 1 rings (SSSR count). The SMILES string of the molecule is CCCC(NC(=O)c1cc(CC)sc1NC(=O)COC)C(=O)O. The second kappa shape index (κ2) is 9.26. The van der Waals surface area contributed by atoms with Crippen LogP contribution in [0.1, 0.15) is 41.9 Å². The summed E-state index contributed by atoms with van der Waals surface area (Å²) in [6, 6.07) is 0.729. The minimum Gasteiger partial charge on any atom is -0.480 e. The summed E-state index contributed by atoms with van der Waals surface area (Å²) in [5.74, 6) is -1.94. The second-order valence-corrected chi connectivity index (χ2v) is 6.08. The molecule has 1 unspecified atom stereocenters. The summed E-state index contributed by atoms with van der Waals surface area (Å²) in [7, 11) is 1.40. The number of methoxy groups -OCH3 is 1. The van der Waals surface area contributed by atoms with Gasteiger partial charge in [-0.2, -0.15) is 0 Å². The van der Waals surface area contributed by atoms with E-state index in [2.05, 4.69) is 10.6 Å². The first-order valence-electron chi connectivity index (χ1n) is 7.38. The maximum Gasteiger partial charge on any atom is 0.326 e. The highest BCUT2D eigenvalue weighted by Gasteiger charge is 2.23. The number of anilines is 1. The van der Waals surface area contributed by atoms with E-state index < -0.39 is 17.9 Å². The number of aryl methyl sites for hydroxylation is 1. The predicted octanol–water partition coefficient (Wildman–Crippen LogP) is 1.88. The Kier molecular flexibility index (Phi) is 7.70. The molecule has 0 saturated heterocycles. The number of hydrogen-bond acceptors (Lipinski definition) is 5. The zero-order chi connectivity index (χ0) is 17.4. The van der Waals surface area contributed by atoms with Crippen molar-refractivity contribution in [3.05, 3.63) is 16.5 Å². The van der Waals surface area contributed by atoms with Crippen LogP contribution in [-0.2, 0) is 20.7 Å². The van der Waals surface area contributed by atoms with Crippen molar-refractivity contribution in [3.63, 3.8) is 0 Å². The molecule has 1 aromatic heterocycles. The molecular weight excluding hydrogens is 320 g/mol. The first-order valence-corrected chi connectivity index (χ1v) is 8.19. The molecule has 7 nitrogen and oxygen atoms in total. The molecule has 8 heteroatoms. The first-order chi connectivity index (χ1) is 10.9. The lowest BCUT2D eigenvalue weighted by Crippen LogP contribution is -2.40. The summed E-state index contributed by atoms with van der Waals surface area (Å²) >= 11 is 1.30. The van der Waals surface area contributed by atoms with E-state index in [1.54, 1.807) is 6.07 Å². The number of aliphatic carboxylic acids is 1. The molecule has 0 fully saturated rings. The molecule has 1 atom stereocenters. The number of carboxylic acid groups (broad SMARTS) is 1. The van der Waals surface area contributed by atoms with Gasteiger partial charge in [-0.15, -0.1) is 11.3 Å². The minimum absolute atomic E-state index is 0.117. The van der Waals surface area contributed by atoms with Gasteiger partial charge in [0.05, 0.1) is 5.56 Å². The monoisotopic (exact) mass is 342 g/mol. The highest BCUT2D eigenvalue weighted by Crippen LogP contribution is 2.28. The maximum absolute atomic E-state index is 12.4. The Morgan fingerprint density at radius 1 is 1.35 bits per heavy atom. The van der Waals surface area contributed by atoms with E-state index in [1.807, 2.05) is 13.8 Å². The molecule has 0 aromatic carbocycles. The van der Waals surface area contributed by atoms with Gasteiger partial charge in [-0.05, 0) is 18.9 Å². The number of ether oxygens (including phenoxy) is 1. The second-order valence-electron chi connectivity index (χ2n) is 4.94. The van der Waals surface area contributed by atoms with E-state index in [4.69, 9.17) is 9.84 Å². The van der Waals surface area contributed by atoms with Crippen LogP contribution < -0.4 is 10.6 Å². The smallest absolute Gasteiger partial charge is 0.326 e. The van der Waals surface area contributed by atoms with Crippen LogP contribution in [0.15, 0.2) is 6.07 Å². The minimum atomic E-state index is -1.07. The lowest BCUT2D eigenvalue weighted by atomic mass is 10.1. The molecule has 0 aliphatic heterocycles. The Morgan fingerprint density at radius 2 is 2.04 bits per heavy atom. The van der Waals surface area contributed by atoms with E-state index in [9.17, 15) is 14.4 Å². The number of hydrogen-bond donors (Lipinski definition) is 3. The van der Waals surface area contributed by atoms with Crippen molar-refractivity contribution in [2.45, 2.75) is 39.2 Å². The lowest BCUT2D eigenvalue weighted by molar-refractivity contribution is -0.139. The van der Waals surface area contributed by atoms with Crippen LogP contribution in [0.5, 0.6) is 0 Å². The van der Waals surface area contributed by atoms with Crippen molar-refractivity contribution in [2.24, 2.45) is 0 Å². The van der Waals surface area contributed by atoms with Crippen LogP contribution in [0.2, 0.25) is 0 Å². The fourth-order valence-corrected chi connectivity index (χ4v) is 2.96. The maximum atomic E-state index is 12.4. The Hall–Kier alpha value is -1.93. The Bertz CT molecular complexity index is 570. The van der Waals surface area contributed by atoms with E-state index in [1.165, 1.54) is 18.4 Å². The van der Waals surface area contributed by atoms with Gasteiger partial charge in [0, 0.05) is 12.0 Å². The number of rotatable bonds is 9. The number of carbonyl (C=O) groups excluding carboxylic acids is 2. The van der Waals surface area contributed by atoms with Crippen LogP contribution in [0.4, 0.5) is 5.00 Å². The number of amides is 2. The van der Waals surface area contributed by atoms with Crippen molar-refractivity contribution in [1.82, 2.24) is 5.32 Å². The largest absolute Gasteiger partial charge is 0.480 e. The molecule has 0 radical (unpaired) electrons. The van der Waals surface area contributed by atoms with Crippen LogP contribution in [0.3, 0.4) is 0 Å². The zero-order valence-corrected chi connectivity index (χ0v) is 14.3. The highest BCUT2D eigenvalue weighted by molar-refractivity contribution is 7.16. The summed E-state index contributed by atoms with van der Waals surface area (Å²) in [4.78, 5) is 36.1. The molecule has 3 N–H and O–H groups in total. The molecule has 0 bridgehead atoms. The average Bonchev–Trinajstić information content (AvgIpc) is 2.89. The topological polar surface area (TPSA) is 105 Å². The van der Waals surface area contributed by atoms with E-state index in [0.29, 0.717) is 24.3 Å². The lowest BCUT2D eigenvalue weighted by Gasteiger charge is -2.13. The Balaban J connectivity index is 2.95. The molecule has 2 amide bonds. The summed E-state index contributed by atoms with van der Waals surface area (Å²) < 4.78 is 4.75. The van der Waals surface area contributed by atoms with Gasteiger partial charge >= 0.3 is 5.97 Å². The summed E-state index contributed by atoms with van der Waals surface area (Å²) in [6.45, 7) is 3.66. The van der Waals surface area contributed by atoms with Crippen molar-refractivity contribution < 1.29 is 24.2 Å². The fraction of sp³-hybridized carbons (Fsp3) is 0.533. The van der Waals surface area contributed by atoms with Crippen LogP contribution >= 0.6 is 11.3 Å². The van der Waals surface area contributed by atoms with Gasteiger partial charge in [0.1, 0.15) is 17.6 Å². The molecule has 1 heterocycles. The summed E-state index contributed by atoms with van der Waals surface area (Å²) in [5, 5.41) is 14.7. The molecule has 0 spiro atoms. The third-order valence-corrected chi connectivity index (χ3v) is 4.28. The molecular formula is C15H22N2O5S. The van der Waals surface area contributed by atoms with Crippen LogP contribution in [0.25, 0.3) is 0 Å². The van der Waals surface area contributed by atoms with Gasteiger partial charge in [0.15, 0.2) is 0 Å². The van der Waals surface area contributed by atoms with Crippen molar-refractivity contribution in [2.75, 3.05) is 19.0 Å². The summed E-state index contributed by atoms with van der Waals surface area (Å²) in [5.41, 5.74) is 0.277. The van der Waals surface area contributed by atoms with Gasteiger partial charge in [0.25, 0.3) is 11.8 Å². The molecule has 1 aromatic rings. The van der Waals surface area contributed by atoms with Crippen molar-refractivity contribution in [1.29, 1.82) is 0 Å². The van der Waals surface area contributed by atoms with Crippen LogP contribution in [-0.4, -0.2) is 42.6 Å². The molecule has 128 valence electrons. The van der Waals surface area contributed by atoms with Crippen molar-refractivity contribution in [3.8, 4) is 0 Å². The van der Waals surface area contributed by atoms with Crippen molar-refractivity contribution >= 4 is 34.1 Å².